The first-order chi connectivity index (χ1) is 17.5. The topological polar surface area (TPSA) is 94.5 Å². The second kappa shape index (κ2) is 10.0. The van der Waals surface area contributed by atoms with Crippen molar-refractivity contribution < 1.29 is 33.6 Å². The molecular formula is C27H25NO7S. The first-order valence-corrected chi connectivity index (χ1v) is 12.3. The zero-order chi connectivity index (χ0) is 25.2. The second-order valence-corrected chi connectivity index (χ2v) is 9.61. The van der Waals surface area contributed by atoms with Gasteiger partial charge in [-0.3, -0.25) is 9.59 Å². The molecule has 0 aromatic heterocycles. The van der Waals surface area contributed by atoms with Gasteiger partial charge in [0.25, 0.3) is 0 Å². The molecule has 3 aromatic carbocycles. The number of ether oxygens (including phenoxy) is 4. The zero-order valence-electron chi connectivity index (χ0n) is 19.8. The maximum atomic E-state index is 14.1. The average Bonchev–Trinajstić information content (AvgIpc) is 3.33. The number of fused-ring (bicyclic) bond motifs is 2. The van der Waals surface area contributed by atoms with Gasteiger partial charge in [-0.1, -0.05) is 18.2 Å². The number of carbonyl (C=O) groups is 2. The van der Waals surface area contributed by atoms with Crippen molar-refractivity contribution in [2.24, 2.45) is 5.92 Å². The van der Waals surface area contributed by atoms with Crippen LogP contribution in [0.5, 0.6) is 23.0 Å². The Morgan fingerprint density at radius 1 is 1.06 bits per heavy atom. The SMILES string of the molecule is COc1ccc(CN2C(=O)C(CC(=O)O)C(c3ccc4c(c3)OCO4)Sc3ccccc32)c(OC)c1. The number of carboxylic acids is 1. The molecule has 9 heteroatoms. The van der Waals surface area contributed by atoms with Crippen molar-refractivity contribution in [1.82, 2.24) is 0 Å². The van der Waals surface area contributed by atoms with E-state index >= 15 is 0 Å². The molecule has 8 nitrogen and oxygen atoms in total. The fraction of sp³-hybridized carbons (Fsp3) is 0.259. The summed E-state index contributed by atoms with van der Waals surface area (Å²) in [5, 5.41) is 9.33. The summed E-state index contributed by atoms with van der Waals surface area (Å²) in [5.41, 5.74) is 2.31. The van der Waals surface area contributed by atoms with Crippen molar-refractivity contribution in [3.8, 4) is 23.0 Å². The minimum Gasteiger partial charge on any atom is -0.497 e. The number of anilines is 1. The van der Waals surface area contributed by atoms with E-state index in [0.717, 1.165) is 21.7 Å². The largest absolute Gasteiger partial charge is 0.497 e. The van der Waals surface area contributed by atoms with Crippen LogP contribution in [-0.4, -0.2) is 38.0 Å². The van der Waals surface area contributed by atoms with Crippen LogP contribution in [-0.2, 0) is 16.1 Å². The van der Waals surface area contributed by atoms with Gasteiger partial charge in [-0.15, -0.1) is 11.8 Å². The Kier molecular flexibility index (Phi) is 6.65. The summed E-state index contributed by atoms with van der Waals surface area (Å²) in [6.45, 7) is 0.349. The van der Waals surface area contributed by atoms with E-state index in [9.17, 15) is 14.7 Å². The van der Waals surface area contributed by atoms with Gasteiger partial charge in [-0.2, -0.15) is 0 Å². The second-order valence-electron chi connectivity index (χ2n) is 8.43. The van der Waals surface area contributed by atoms with Crippen molar-refractivity contribution in [2.75, 3.05) is 25.9 Å². The van der Waals surface area contributed by atoms with Crippen LogP contribution in [0.2, 0.25) is 0 Å². The number of nitrogens with zero attached hydrogens (tertiary/aromatic N) is 1. The van der Waals surface area contributed by atoms with Crippen molar-refractivity contribution in [3.63, 3.8) is 0 Å². The lowest BCUT2D eigenvalue weighted by Gasteiger charge is -2.28. The first-order valence-electron chi connectivity index (χ1n) is 11.4. The molecule has 0 saturated carbocycles. The third-order valence-corrected chi connectivity index (χ3v) is 7.75. The number of benzene rings is 3. The maximum absolute atomic E-state index is 14.1. The molecule has 2 unspecified atom stereocenters. The average molecular weight is 508 g/mol. The van der Waals surface area contributed by atoms with Gasteiger partial charge in [0.1, 0.15) is 11.5 Å². The highest BCUT2D eigenvalue weighted by Gasteiger charge is 2.40. The van der Waals surface area contributed by atoms with Crippen molar-refractivity contribution in [1.29, 1.82) is 0 Å². The number of carboxylic acid groups (broad SMARTS) is 1. The lowest BCUT2D eigenvalue weighted by atomic mass is 9.93. The third-order valence-electron chi connectivity index (χ3n) is 6.30. The summed E-state index contributed by atoms with van der Waals surface area (Å²) in [5.74, 6) is 0.325. The van der Waals surface area contributed by atoms with Crippen LogP contribution < -0.4 is 23.8 Å². The van der Waals surface area contributed by atoms with Crippen LogP contribution in [0.25, 0.3) is 0 Å². The molecule has 0 saturated heterocycles. The zero-order valence-corrected chi connectivity index (χ0v) is 20.6. The molecule has 36 heavy (non-hydrogen) atoms. The molecular weight excluding hydrogens is 482 g/mol. The van der Waals surface area contributed by atoms with Crippen LogP contribution in [0.15, 0.2) is 65.6 Å². The third kappa shape index (κ3) is 4.54. The molecule has 0 radical (unpaired) electrons. The number of rotatable bonds is 7. The van der Waals surface area contributed by atoms with Crippen LogP contribution in [0.1, 0.15) is 22.8 Å². The molecule has 2 aliphatic heterocycles. The molecule has 0 aliphatic carbocycles. The van der Waals surface area contributed by atoms with Crippen molar-refractivity contribution in [3.05, 3.63) is 71.8 Å². The monoisotopic (exact) mass is 507 g/mol. The van der Waals surface area contributed by atoms with Gasteiger partial charge in [-0.25, -0.2) is 0 Å². The van der Waals surface area contributed by atoms with E-state index in [-0.39, 0.29) is 25.7 Å². The summed E-state index contributed by atoms with van der Waals surface area (Å²) in [4.78, 5) is 28.6. The van der Waals surface area contributed by atoms with E-state index in [0.29, 0.717) is 23.0 Å². The standard InChI is InChI=1S/C27H25NO7S/c1-32-18-9-7-17(22(12-18)33-2)14-28-20-5-3-4-6-24(20)36-26(19(27(28)31)13-25(29)30)16-8-10-21-23(11-16)35-15-34-21/h3-12,19,26H,13-15H2,1-2H3,(H,29,30). The van der Waals surface area contributed by atoms with Crippen molar-refractivity contribution in [2.45, 2.75) is 23.1 Å². The van der Waals surface area contributed by atoms with Gasteiger partial charge in [-0.05, 0) is 42.0 Å². The maximum Gasteiger partial charge on any atom is 0.304 e. The van der Waals surface area contributed by atoms with E-state index in [2.05, 4.69) is 0 Å². The molecule has 2 heterocycles. The number of para-hydroxylation sites is 1. The Labute approximate surface area is 212 Å². The Morgan fingerprint density at radius 3 is 2.64 bits per heavy atom. The van der Waals surface area contributed by atoms with E-state index in [1.165, 1.54) is 11.8 Å². The molecule has 5 rings (SSSR count). The quantitative estimate of drug-likeness (QED) is 0.483. The Morgan fingerprint density at radius 2 is 1.86 bits per heavy atom. The van der Waals surface area contributed by atoms with Gasteiger partial charge in [0.05, 0.1) is 38.8 Å². The molecule has 1 N–H and O–H groups in total. The molecule has 186 valence electrons. The number of methoxy groups -OCH3 is 2. The summed E-state index contributed by atoms with van der Waals surface area (Å²) >= 11 is 1.49. The number of hydrogen-bond donors (Lipinski definition) is 1. The number of thioether (sulfide) groups is 1. The van der Waals surface area contributed by atoms with Crippen molar-refractivity contribution >= 4 is 29.3 Å². The molecule has 0 spiro atoms. The predicted octanol–water partition coefficient (Wildman–Crippen LogP) is 4.90. The van der Waals surface area contributed by atoms with Gasteiger partial charge in [0.2, 0.25) is 12.7 Å². The molecule has 1 amide bonds. The van der Waals surface area contributed by atoms with E-state index in [4.69, 9.17) is 18.9 Å². The number of carbonyl (C=O) groups excluding carboxylic acids is 1. The lowest BCUT2D eigenvalue weighted by Crippen LogP contribution is -2.37. The smallest absolute Gasteiger partial charge is 0.304 e. The van der Waals surface area contributed by atoms with E-state index in [1.54, 1.807) is 31.3 Å². The molecule has 0 bridgehead atoms. The van der Waals surface area contributed by atoms with Gasteiger partial charge in [0.15, 0.2) is 11.5 Å². The Balaban J connectivity index is 1.59. The summed E-state index contributed by atoms with van der Waals surface area (Å²) in [7, 11) is 3.14. The number of aliphatic carboxylic acids is 1. The lowest BCUT2D eigenvalue weighted by molar-refractivity contribution is -0.140. The normalized spacial score (nSPS) is 18.4. The van der Waals surface area contributed by atoms with Crippen LogP contribution in [0, 0.1) is 5.92 Å². The van der Waals surface area contributed by atoms with E-state index < -0.39 is 17.1 Å². The minimum absolute atomic E-state index is 0.133. The molecule has 2 atom stereocenters. The summed E-state index contributed by atoms with van der Waals surface area (Å²) in [6, 6.07) is 18.6. The fourth-order valence-electron chi connectivity index (χ4n) is 4.54. The molecule has 3 aromatic rings. The highest BCUT2D eigenvalue weighted by molar-refractivity contribution is 7.99. The summed E-state index contributed by atoms with van der Waals surface area (Å²) in [6.07, 6.45) is -0.310. The predicted molar refractivity (Wildman–Crippen MR) is 134 cm³/mol. The fourth-order valence-corrected chi connectivity index (χ4v) is 5.93. The highest BCUT2D eigenvalue weighted by Crippen LogP contribution is 2.51. The minimum atomic E-state index is -1.03. The number of amides is 1. The van der Waals surface area contributed by atoms with Gasteiger partial charge >= 0.3 is 5.97 Å². The number of hydrogen-bond acceptors (Lipinski definition) is 7. The molecule has 0 fully saturated rings. The Bertz CT molecular complexity index is 1310. The summed E-state index contributed by atoms with van der Waals surface area (Å²) < 4.78 is 21.9. The van der Waals surface area contributed by atoms with Gasteiger partial charge < -0.3 is 29.0 Å². The van der Waals surface area contributed by atoms with Crippen LogP contribution in [0.4, 0.5) is 5.69 Å². The van der Waals surface area contributed by atoms with Crippen LogP contribution in [0.3, 0.4) is 0 Å². The van der Waals surface area contributed by atoms with Gasteiger partial charge in [0, 0.05) is 21.8 Å². The molecule has 2 aliphatic rings. The Hall–Kier alpha value is -3.85. The van der Waals surface area contributed by atoms with Crippen LogP contribution >= 0.6 is 11.8 Å². The van der Waals surface area contributed by atoms with E-state index in [1.807, 2.05) is 48.5 Å². The highest BCUT2D eigenvalue weighted by atomic mass is 32.2. The first kappa shape index (κ1) is 23.9.